The van der Waals surface area contributed by atoms with Crippen molar-refractivity contribution in [2.75, 3.05) is 36.4 Å². The zero-order valence-electron chi connectivity index (χ0n) is 19.0. The predicted molar refractivity (Wildman–Crippen MR) is 126 cm³/mol. The second-order valence-electron chi connectivity index (χ2n) is 8.82. The summed E-state index contributed by atoms with van der Waals surface area (Å²) < 4.78 is 0. The van der Waals surface area contributed by atoms with Gasteiger partial charge in [0, 0.05) is 38.6 Å². The number of amides is 1. The van der Waals surface area contributed by atoms with E-state index in [9.17, 15) is 4.79 Å². The van der Waals surface area contributed by atoms with Crippen molar-refractivity contribution in [3.63, 3.8) is 0 Å². The van der Waals surface area contributed by atoms with Crippen LogP contribution in [0.5, 0.6) is 0 Å². The molecule has 8 nitrogen and oxygen atoms in total. The van der Waals surface area contributed by atoms with Crippen molar-refractivity contribution in [2.24, 2.45) is 9.98 Å². The number of nitrogens with zero attached hydrogens (tertiary/aromatic N) is 5. The maximum absolute atomic E-state index is 13.6. The lowest BCUT2D eigenvalue weighted by Gasteiger charge is -2.34. The lowest BCUT2D eigenvalue weighted by atomic mass is 9.96. The van der Waals surface area contributed by atoms with Gasteiger partial charge in [-0.2, -0.15) is 4.99 Å². The van der Waals surface area contributed by atoms with Crippen LogP contribution < -0.4 is 15.5 Å². The summed E-state index contributed by atoms with van der Waals surface area (Å²) in [5.74, 6) is 2.04. The molecule has 0 bridgehead atoms. The van der Waals surface area contributed by atoms with Crippen molar-refractivity contribution >= 4 is 29.2 Å². The molecule has 2 fully saturated rings. The monoisotopic (exact) mass is 425 g/mol. The number of piperazine rings is 1. The fourth-order valence-electron chi connectivity index (χ4n) is 4.62. The number of carbonyl (C=O) groups is 1. The number of hydrogen-bond donors (Lipinski definition) is 2. The maximum Gasteiger partial charge on any atom is 0.255 e. The Bertz CT molecular complexity index is 838. The maximum atomic E-state index is 13.6. The Morgan fingerprint density at radius 3 is 2.55 bits per heavy atom. The van der Waals surface area contributed by atoms with Crippen molar-refractivity contribution in [3.8, 4) is 0 Å². The smallest absolute Gasteiger partial charge is 0.255 e. The first kappa shape index (κ1) is 21.7. The second kappa shape index (κ2) is 9.34. The van der Waals surface area contributed by atoms with Gasteiger partial charge in [-0.1, -0.05) is 26.7 Å². The van der Waals surface area contributed by atoms with Gasteiger partial charge in [-0.25, -0.2) is 9.98 Å². The summed E-state index contributed by atoms with van der Waals surface area (Å²) in [6.45, 7) is 9.95. The first-order chi connectivity index (χ1) is 15.0. The number of anilines is 2. The third kappa shape index (κ3) is 4.59. The van der Waals surface area contributed by atoms with E-state index in [1.54, 1.807) is 0 Å². The van der Waals surface area contributed by atoms with Crippen LogP contribution in [0.4, 0.5) is 11.5 Å². The lowest BCUT2D eigenvalue weighted by molar-refractivity contribution is -0.134. The fourth-order valence-corrected chi connectivity index (χ4v) is 4.62. The largest absolute Gasteiger partial charge is 0.368 e. The molecule has 1 amide bonds. The van der Waals surface area contributed by atoms with E-state index in [4.69, 9.17) is 9.98 Å². The quantitative estimate of drug-likeness (QED) is 0.757. The van der Waals surface area contributed by atoms with E-state index in [-0.39, 0.29) is 11.9 Å². The normalized spacial score (nSPS) is 25.3. The molecule has 0 aromatic carbocycles. The van der Waals surface area contributed by atoms with E-state index in [0.29, 0.717) is 24.6 Å². The molecule has 2 N–H and O–H groups in total. The van der Waals surface area contributed by atoms with Crippen molar-refractivity contribution in [3.05, 3.63) is 18.3 Å². The van der Waals surface area contributed by atoms with Gasteiger partial charge in [0.1, 0.15) is 17.2 Å². The third-order valence-electron chi connectivity index (χ3n) is 6.71. The highest BCUT2D eigenvalue weighted by molar-refractivity contribution is 6.12. The Morgan fingerprint density at radius 2 is 1.94 bits per heavy atom. The van der Waals surface area contributed by atoms with E-state index in [1.165, 1.54) is 12.8 Å². The Hall–Kier alpha value is -2.48. The molecule has 1 saturated carbocycles. The van der Waals surface area contributed by atoms with E-state index >= 15 is 0 Å². The van der Waals surface area contributed by atoms with Gasteiger partial charge in [-0.05, 0) is 38.3 Å². The van der Waals surface area contributed by atoms with Crippen molar-refractivity contribution in [1.82, 2.24) is 15.2 Å². The van der Waals surface area contributed by atoms with Crippen LogP contribution in [0.1, 0.15) is 59.3 Å². The van der Waals surface area contributed by atoms with Gasteiger partial charge in [0.15, 0.2) is 0 Å². The summed E-state index contributed by atoms with van der Waals surface area (Å²) >= 11 is 0. The van der Waals surface area contributed by atoms with Gasteiger partial charge in [-0.15, -0.1) is 0 Å². The summed E-state index contributed by atoms with van der Waals surface area (Å²) in [7, 11) is 0. The summed E-state index contributed by atoms with van der Waals surface area (Å²) in [6.07, 6.45) is 7.64. The van der Waals surface area contributed by atoms with E-state index in [1.807, 2.05) is 31.0 Å². The zero-order chi connectivity index (χ0) is 21.8. The van der Waals surface area contributed by atoms with Crippen molar-refractivity contribution < 1.29 is 4.79 Å². The minimum absolute atomic E-state index is 0.0707. The van der Waals surface area contributed by atoms with Gasteiger partial charge >= 0.3 is 0 Å². The SMILES string of the molecule is CCC1=NC(Nc2ccc(N3CCNCC3)cn2)=NC(C)(CC)C(=O)N1C1CCCC1. The molecule has 1 aliphatic carbocycles. The summed E-state index contributed by atoms with van der Waals surface area (Å²) in [4.78, 5) is 32.1. The first-order valence-corrected chi connectivity index (χ1v) is 11.7. The minimum Gasteiger partial charge on any atom is -0.368 e. The van der Waals surface area contributed by atoms with Crippen LogP contribution in [0, 0.1) is 0 Å². The fraction of sp³-hybridized carbons (Fsp3) is 0.652. The van der Waals surface area contributed by atoms with Gasteiger partial charge in [0.25, 0.3) is 5.91 Å². The van der Waals surface area contributed by atoms with Crippen molar-refractivity contribution in [1.29, 1.82) is 0 Å². The molecular weight excluding hydrogens is 390 g/mol. The van der Waals surface area contributed by atoms with Crippen LogP contribution >= 0.6 is 0 Å². The molecule has 1 aromatic rings. The molecule has 2 aliphatic heterocycles. The number of pyridine rings is 1. The summed E-state index contributed by atoms with van der Waals surface area (Å²) in [5, 5.41) is 6.65. The van der Waals surface area contributed by atoms with Crippen LogP contribution in [0.25, 0.3) is 0 Å². The highest BCUT2D eigenvalue weighted by Gasteiger charge is 2.42. The molecular formula is C23H35N7O. The van der Waals surface area contributed by atoms with Crippen LogP contribution in [-0.2, 0) is 4.79 Å². The summed E-state index contributed by atoms with van der Waals surface area (Å²) in [5.41, 5.74) is 0.292. The molecule has 1 atom stereocenters. The van der Waals surface area contributed by atoms with Crippen LogP contribution in [0.3, 0.4) is 0 Å². The molecule has 168 valence electrons. The zero-order valence-corrected chi connectivity index (χ0v) is 19.0. The number of carbonyl (C=O) groups excluding carboxylic acids is 1. The van der Waals surface area contributed by atoms with E-state index in [0.717, 1.165) is 50.5 Å². The second-order valence-corrected chi connectivity index (χ2v) is 8.82. The molecule has 1 saturated heterocycles. The van der Waals surface area contributed by atoms with Crippen LogP contribution in [0.15, 0.2) is 28.3 Å². The number of aliphatic imine (C=N–C) groups is 2. The number of hydrogen-bond acceptors (Lipinski definition) is 7. The molecule has 31 heavy (non-hydrogen) atoms. The van der Waals surface area contributed by atoms with Crippen LogP contribution in [0.2, 0.25) is 0 Å². The number of guanidine groups is 1. The average molecular weight is 426 g/mol. The van der Waals surface area contributed by atoms with Crippen LogP contribution in [-0.4, -0.2) is 65.3 Å². The van der Waals surface area contributed by atoms with Gasteiger partial charge < -0.3 is 15.5 Å². The molecule has 1 aromatic heterocycles. The number of nitrogens with one attached hydrogen (secondary N) is 2. The molecule has 0 spiro atoms. The van der Waals surface area contributed by atoms with E-state index in [2.05, 4.69) is 33.5 Å². The molecule has 8 heteroatoms. The van der Waals surface area contributed by atoms with Crippen molar-refractivity contribution in [2.45, 2.75) is 70.9 Å². The first-order valence-electron chi connectivity index (χ1n) is 11.7. The summed E-state index contributed by atoms with van der Waals surface area (Å²) in [6, 6.07) is 4.28. The third-order valence-corrected chi connectivity index (χ3v) is 6.71. The molecule has 3 heterocycles. The molecule has 4 rings (SSSR count). The molecule has 3 aliphatic rings. The van der Waals surface area contributed by atoms with Gasteiger partial charge in [0.2, 0.25) is 5.96 Å². The Kier molecular flexibility index (Phi) is 6.55. The van der Waals surface area contributed by atoms with Gasteiger partial charge in [0.05, 0.1) is 11.9 Å². The molecule has 0 radical (unpaired) electrons. The number of rotatable bonds is 5. The average Bonchev–Trinajstić information content (AvgIpc) is 3.30. The lowest BCUT2D eigenvalue weighted by Crippen LogP contribution is -2.51. The number of aromatic nitrogens is 1. The highest BCUT2D eigenvalue weighted by atomic mass is 16.2. The van der Waals surface area contributed by atoms with Gasteiger partial charge in [-0.3, -0.25) is 9.69 Å². The topological polar surface area (TPSA) is 85.2 Å². The number of amidine groups is 1. The Morgan fingerprint density at radius 1 is 1.19 bits per heavy atom. The standard InChI is InChI=1S/C23H35N7O/c1-4-20-27-22(26-19-11-10-18(16-25-19)29-14-12-24-13-15-29)28-23(3,5-2)21(31)30(20)17-8-6-7-9-17/h10-11,16-17,24H,4-9,12-15H2,1-3H3,(H,25,26,28). The predicted octanol–water partition coefficient (Wildman–Crippen LogP) is 3.02. The Labute approximate surface area is 185 Å². The van der Waals surface area contributed by atoms with E-state index < -0.39 is 5.54 Å². The highest BCUT2D eigenvalue weighted by Crippen LogP contribution is 2.31. The Balaban J connectivity index is 1.59. The molecule has 1 unspecified atom stereocenters. The minimum atomic E-state index is -0.827.